The fraction of sp³-hybridized carbons (Fsp3) is 0.714. The van der Waals surface area contributed by atoms with Gasteiger partial charge in [-0.05, 0) is 32.1 Å². The Labute approximate surface area is 112 Å². The van der Waals surface area contributed by atoms with E-state index in [1.54, 1.807) is 4.90 Å². The quantitative estimate of drug-likeness (QED) is 0.749. The van der Waals surface area contributed by atoms with Crippen molar-refractivity contribution in [1.29, 1.82) is 0 Å². The molecule has 0 aromatic rings. The number of nitrogens with zero attached hydrogens (tertiary/aromatic N) is 1. The van der Waals surface area contributed by atoms with E-state index in [2.05, 4.69) is 0 Å². The summed E-state index contributed by atoms with van der Waals surface area (Å²) in [5.74, 6) is -2.11. The number of allylic oxidation sites excluding steroid dienone is 2. The lowest BCUT2D eigenvalue weighted by molar-refractivity contribution is -0.152. The molecule has 1 fully saturated rings. The number of carbonyl (C=O) groups is 2. The normalized spacial score (nSPS) is 31.2. The molecule has 1 aliphatic carbocycles. The monoisotopic (exact) mass is 267 g/mol. The number of aliphatic hydroxyl groups is 1. The van der Waals surface area contributed by atoms with Crippen molar-refractivity contribution in [1.82, 2.24) is 4.90 Å². The van der Waals surface area contributed by atoms with Crippen LogP contribution in [-0.2, 0) is 9.59 Å². The van der Waals surface area contributed by atoms with Crippen LogP contribution in [-0.4, -0.2) is 46.2 Å². The first-order chi connectivity index (χ1) is 9.15. The highest BCUT2D eigenvalue weighted by atomic mass is 16.4. The van der Waals surface area contributed by atoms with Gasteiger partial charge in [0.2, 0.25) is 5.91 Å². The van der Waals surface area contributed by atoms with E-state index < -0.39 is 17.8 Å². The van der Waals surface area contributed by atoms with Crippen molar-refractivity contribution in [2.75, 3.05) is 13.2 Å². The molecule has 2 rings (SSSR count). The number of piperidine rings is 1. The van der Waals surface area contributed by atoms with Crippen LogP contribution in [0.1, 0.15) is 32.1 Å². The first-order valence-corrected chi connectivity index (χ1v) is 6.94. The van der Waals surface area contributed by atoms with Crippen LogP contribution >= 0.6 is 0 Å². The zero-order chi connectivity index (χ0) is 13.8. The number of hydrogen-bond acceptors (Lipinski definition) is 3. The van der Waals surface area contributed by atoms with Crippen molar-refractivity contribution in [2.24, 2.45) is 11.8 Å². The van der Waals surface area contributed by atoms with Crippen LogP contribution in [0.15, 0.2) is 12.2 Å². The predicted octanol–water partition coefficient (Wildman–Crippen LogP) is 1.03. The average Bonchev–Trinajstić information content (AvgIpc) is 2.46. The minimum Gasteiger partial charge on any atom is -0.481 e. The lowest BCUT2D eigenvalue weighted by Crippen LogP contribution is -2.50. The molecule has 2 aliphatic rings. The van der Waals surface area contributed by atoms with Gasteiger partial charge in [-0.2, -0.15) is 0 Å². The Bertz CT molecular complexity index is 380. The third-order valence-corrected chi connectivity index (χ3v) is 4.19. The molecule has 0 spiro atoms. The Morgan fingerprint density at radius 1 is 1.16 bits per heavy atom. The summed E-state index contributed by atoms with van der Waals surface area (Å²) in [6.07, 6.45) is 7.39. The predicted molar refractivity (Wildman–Crippen MR) is 69.4 cm³/mol. The number of likely N-dealkylation sites (tertiary alicyclic amines) is 1. The number of hydrogen-bond donors (Lipinski definition) is 2. The lowest BCUT2D eigenvalue weighted by Gasteiger charge is -2.38. The van der Waals surface area contributed by atoms with Gasteiger partial charge in [0.1, 0.15) is 0 Å². The molecule has 1 heterocycles. The van der Waals surface area contributed by atoms with Gasteiger partial charge >= 0.3 is 5.97 Å². The molecule has 5 nitrogen and oxygen atoms in total. The van der Waals surface area contributed by atoms with E-state index in [1.807, 2.05) is 12.2 Å². The van der Waals surface area contributed by atoms with Crippen LogP contribution in [0.2, 0.25) is 0 Å². The molecule has 0 radical (unpaired) electrons. The Kier molecular flexibility index (Phi) is 4.58. The molecule has 0 aromatic heterocycles. The van der Waals surface area contributed by atoms with Crippen LogP contribution in [0.3, 0.4) is 0 Å². The minimum atomic E-state index is -0.903. The summed E-state index contributed by atoms with van der Waals surface area (Å²) in [7, 11) is 0. The van der Waals surface area contributed by atoms with Gasteiger partial charge < -0.3 is 15.1 Å². The second-order valence-electron chi connectivity index (χ2n) is 5.36. The van der Waals surface area contributed by atoms with Gasteiger partial charge in [-0.15, -0.1) is 0 Å². The number of rotatable bonds is 3. The summed E-state index contributed by atoms with van der Waals surface area (Å²) < 4.78 is 0. The third-order valence-electron chi connectivity index (χ3n) is 4.19. The Hall–Kier alpha value is -1.36. The highest BCUT2D eigenvalue weighted by molar-refractivity contribution is 5.85. The molecule has 1 unspecified atom stereocenters. The molecule has 3 atom stereocenters. The molecule has 0 aromatic carbocycles. The molecule has 19 heavy (non-hydrogen) atoms. The van der Waals surface area contributed by atoms with Crippen molar-refractivity contribution in [2.45, 2.75) is 38.1 Å². The van der Waals surface area contributed by atoms with Gasteiger partial charge in [0.25, 0.3) is 0 Å². The van der Waals surface area contributed by atoms with Crippen molar-refractivity contribution >= 4 is 11.9 Å². The molecule has 1 aliphatic heterocycles. The highest BCUT2D eigenvalue weighted by Crippen LogP contribution is 2.30. The molecular formula is C14H21NO4. The minimum absolute atomic E-state index is 0.0357. The summed E-state index contributed by atoms with van der Waals surface area (Å²) in [6, 6.07) is -0.137. The van der Waals surface area contributed by atoms with E-state index in [1.165, 1.54) is 0 Å². The number of aliphatic carboxylic acids is 1. The van der Waals surface area contributed by atoms with E-state index in [0.29, 0.717) is 19.4 Å². The second-order valence-corrected chi connectivity index (χ2v) is 5.36. The van der Waals surface area contributed by atoms with Crippen molar-refractivity contribution in [3.05, 3.63) is 12.2 Å². The fourth-order valence-corrected chi connectivity index (χ4v) is 3.05. The number of amides is 1. The van der Waals surface area contributed by atoms with Gasteiger partial charge in [0, 0.05) is 6.54 Å². The maximum atomic E-state index is 12.6. The Morgan fingerprint density at radius 2 is 1.84 bits per heavy atom. The molecule has 0 bridgehead atoms. The van der Waals surface area contributed by atoms with Crippen LogP contribution in [0.4, 0.5) is 0 Å². The molecule has 1 amide bonds. The number of carboxylic acid groups (broad SMARTS) is 1. The second kappa shape index (κ2) is 6.19. The first kappa shape index (κ1) is 14.1. The van der Waals surface area contributed by atoms with Crippen molar-refractivity contribution in [3.63, 3.8) is 0 Å². The summed E-state index contributed by atoms with van der Waals surface area (Å²) in [5.41, 5.74) is 0. The van der Waals surface area contributed by atoms with E-state index in [9.17, 15) is 19.8 Å². The van der Waals surface area contributed by atoms with Gasteiger partial charge in [0.05, 0.1) is 24.5 Å². The maximum Gasteiger partial charge on any atom is 0.307 e. The number of carbonyl (C=O) groups excluding carboxylic acids is 1. The standard InChI is InChI=1S/C14H21NO4/c16-9-10-5-3-4-8-15(10)13(17)11-6-1-2-7-12(11)14(18)19/h1-2,10-12,16H,3-9H2,(H,18,19)/t10?,11-,12+/m1/s1. The summed E-state index contributed by atoms with van der Waals surface area (Å²) >= 11 is 0. The smallest absolute Gasteiger partial charge is 0.307 e. The Balaban J connectivity index is 2.12. The summed E-state index contributed by atoms with van der Waals surface area (Å²) in [6.45, 7) is 0.600. The zero-order valence-corrected chi connectivity index (χ0v) is 11.0. The highest BCUT2D eigenvalue weighted by Gasteiger charge is 2.38. The lowest BCUT2D eigenvalue weighted by atomic mass is 9.81. The van der Waals surface area contributed by atoms with E-state index >= 15 is 0 Å². The van der Waals surface area contributed by atoms with Gasteiger partial charge in [-0.25, -0.2) is 0 Å². The SMILES string of the molecule is O=C(O)[C@H]1CC=CC[C@H]1C(=O)N1CCCCC1CO. The van der Waals surface area contributed by atoms with Gasteiger partial charge in [-0.3, -0.25) is 9.59 Å². The van der Waals surface area contributed by atoms with Crippen LogP contribution < -0.4 is 0 Å². The van der Waals surface area contributed by atoms with Crippen LogP contribution in [0.5, 0.6) is 0 Å². The average molecular weight is 267 g/mol. The van der Waals surface area contributed by atoms with Crippen LogP contribution in [0, 0.1) is 11.8 Å². The fourth-order valence-electron chi connectivity index (χ4n) is 3.05. The summed E-state index contributed by atoms with van der Waals surface area (Å²) in [4.78, 5) is 25.5. The molecule has 0 saturated carbocycles. The van der Waals surface area contributed by atoms with E-state index in [4.69, 9.17) is 0 Å². The summed E-state index contributed by atoms with van der Waals surface area (Å²) in [5, 5.41) is 18.6. The topological polar surface area (TPSA) is 77.8 Å². The molecular weight excluding hydrogens is 246 g/mol. The van der Waals surface area contributed by atoms with Gasteiger partial charge in [0.15, 0.2) is 0 Å². The number of carboxylic acids is 1. The molecule has 5 heteroatoms. The van der Waals surface area contributed by atoms with E-state index in [-0.39, 0.29) is 18.6 Å². The van der Waals surface area contributed by atoms with Crippen molar-refractivity contribution < 1.29 is 19.8 Å². The number of aliphatic hydroxyl groups excluding tert-OH is 1. The van der Waals surface area contributed by atoms with Gasteiger partial charge in [-0.1, -0.05) is 12.2 Å². The Morgan fingerprint density at radius 3 is 2.47 bits per heavy atom. The zero-order valence-electron chi connectivity index (χ0n) is 11.0. The van der Waals surface area contributed by atoms with Crippen molar-refractivity contribution in [3.8, 4) is 0 Å². The molecule has 106 valence electrons. The van der Waals surface area contributed by atoms with E-state index in [0.717, 1.165) is 19.3 Å². The molecule has 1 saturated heterocycles. The third kappa shape index (κ3) is 2.97. The maximum absolute atomic E-state index is 12.6. The molecule has 2 N–H and O–H groups in total. The van der Waals surface area contributed by atoms with Crippen LogP contribution in [0.25, 0.3) is 0 Å². The first-order valence-electron chi connectivity index (χ1n) is 6.94. The largest absolute Gasteiger partial charge is 0.481 e.